The molecule has 76 heteroatoms. The molecule has 8 aromatic rings. The number of hydrogen-bond acceptors (Lipinski definition) is 2. The molecule has 2 aliphatic carbocycles. The zero-order valence-corrected chi connectivity index (χ0v) is 144. The summed E-state index contributed by atoms with van der Waals surface area (Å²) in [6.45, 7) is -1.76. The first-order valence-corrected chi connectivity index (χ1v) is 170. The van der Waals surface area contributed by atoms with Crippen molar-refractivity contribution in [2.24, 2.45) is 0 Å². The Hall–Kier alpha value is 26.4. The Morgan fingerprint density at radius 3 is 0.734 bits per heavy atom. The third-order valence-corrected chi connectivity index (χ3v) is 538. The summed E-state index contributed by atoms with van der Waals surface area (Å²) in [7, 11) is 139. The molecule has 0 radical (unpaired) electrons. The van der Waals surface area contributed by atoms with Gasteiger partial charge in [-0.1, -0.05) is 143 Å². The van der Waals surface area contributed by atoms with Crippen LogP contribution in [0.4, 0.5) is 17.1 Å². The summed E-state index contributed by atoms with van der Waals surface area (Å²) in [5, 5.41) is 2.68. The monoisotopic (exact) mass is 3030 g/mol. The van der Waals surface area contributed by atoms with Gasteiger partial charge in [0.1, 0.15) is 0 Å². The molecule has 0 fully saturated rings. The fourth-order valence-electron chi connectivity index (χ4n) is 13.7. The smallest absolute Gasteiger partial charge is 0.0508 e. The van der Waals surface area contributed by atoms with E-state index in [2.05, 4.69) is 524 Å². The van der Waals surface area contributed by atoms with Crippen molar-refractivity contribution in [3.05, 3.63) is 174 Å². The predicted molar refractivity (Wildman–Crippen MR) is 833 cm³/mol. The normalized spacial score (nSPS) is 15.3. The molecule has 686 valence electrons. The predicted octanol–water partition coefficient (Wildman–Crippen LogP) is 57.2. The molecule has 0 aliphatic heterocycles. The molecule has 2 aliphatic rings. The molecule has 0 amide bonds. The number of thiophene rings is 1. The maximum atomic E-state index is 3.77. The number of hydrogen-bond donors (Lipinski definition) is 0. The van der Waals surface area contributed by atoms with Gasteiger partial charge >= 0.3 is 0 Å². The summed E-state index contributed by atoms with van der Waals surface area (Å²) in [6.07, 6.45) is 0. The fraction of sp³-hybridized carbons (Fsp3) is 0.125. The van der Waals surface area contributed by atoms with Crippen LogP contribution in [0.2, 0.25) is 0 Å². The van der Waals surface area contributed by atoms with Gasteiger partial charge in [0.25, 0.3) is 0 Å². The molecule has 1 nitrogen and oxygen atoms in total. The van der Waals surface area contributed by atoms with E-state index in [9.17, 15) is 0 Å². The molecule has 1 heterocycles. The second kappa shape index (κ2) is 64.2. The van der Waals surface area contributed by atoms with Gasteiger partial charge in [-0.15, -0.1) is 351 Å². The number of nitrogens with zero attached hydrogens (tertiary/aromatic N) is 1. The average molecular weight is 3030 g/mol. The minimum absolute atomic E-state index is 0.160. The molecule has 0 saturated heterocycles. The minimum atomic E-state index is -0.409. The molecular formula is C48H113NP74S. The first kappa shape index (κ1) is 134. The van der Waals surface area contributed by atoms with Crippen LogP contribution in [0.5, 0.6) is 0 Å². The number of fused-ring (bicyclic) bond motifs is 9. The summed E-state index contributed by atoms with van der Waals surface area (Å²) in [5.74, 6) is 0. The number of rotatable bonds is 39. The van der Waals surface area contributed by atoms with E-state index >= 15 is 0 Å². The van der Waals surface area contributed by atoms with Gasteiger partial charge in [0.2, 0.25) is 0 Å². The summed E-state index contributed by atoms with van der Waals surface area (Å²) >= 11 is 1.88. The van der Waals surface area contributed by atoms with Crippen LogP contribution in [0.3, 0.4) is 0 Å². The average Bonchev–Trinajstić information content (AvgIpc) is 1.45. The molecule has 10 rings (SSSR count). The summed E-state index contributed by atoms with van der Waals surface area (Å²) in [6, 6.07) is 56.6. The molecule has 41 unspecified atom stereocenters. The standard InChI is InChI=1S/C48H37NS.H76P74/c1-47(2)38-20-8-5-14-33(38)35-18-11-22-40(45(35)47)49(41-23-12-19-36-34-15-6-9-21-39(34)48(3,4)46(36)41)31-28-26-30(27-29-31)32-17-13-25-43-44(32)37-16-7-10-24-42(37)50-43;1-39(2)58(40(3)4)67(57(37)38)72(68(59(41(5)6)42(7)8)60(43(9)10)44(11)12)74(71(65(53(29)30)54(31)32)66(55(33)34)56(35)36)73(69(61(45(13)14)46(15)16)62(47(17)18)48(19)20)70(63(49(21)22)50(23)24)64(51(25)26)52(27)28/h5-29H,1-4H3;1-38H2. The van der Waals surface area contributed by atoms with Crippen molar-refractivity contribution in [3.63, 3.8) is 0 Å². The van der Waals surface area contributed by atoms with Crippen LogP contribution < -0.4 is 4.90 Å². The molecule has 0 bridgehead atoms. The lowest BCUT2D eigenvalue weighted by Crippen LogP contribution is -2.23. The van der Waals surface area contributed by atoms with Gasteiger partial charge in [-0.2, -0.15) is 0 Å². The first-order chi connectivity index (χ1) is 57.9. The van der Waals surface area contributed by atoms with Crippen molar-refractivity contribution in [1.82, 2.24) is 0 Å². The summed E-state index contributed by atoms with van der Waals surface area (Å²) in [5.41, 5.74) is 16.7. The third kappa shape index (κ3) is 34.1. The zero-order valence-electron chi connectivity index (χ0n) is 66.8. The van der Waals surface area contributed by atoms with Gasteiger partial charge in [-0.3, -0.25) is 0 Å². The Labute approximate surface area is 878 Å². The van der Waals surface area contributed by atoms with Crippen LogP contribution in [-0.2, 0) is 10.8 Å². The van der Waals surface area contributed by atoms with Gasteiger partial charge in [0, 0.05) is 36.7 Å². The maximum Gasteiger partial charge on any atom is 0.0508 e. The SMILES string of the molecule is CC1(C)c2ccccc2-c2cccc(N(c3ccc(-c4cccc5sc6ccccc6c45)cc3)c3cccc4c3C(C)(C)c3ccccc3-4)c21.PP(P)P(P(P)P)P(P(P)P)P(P(P(P(P)P)P(P)P)P(P(P)P)P(P)P)P(P(P(P(P)P)P(P)P)P(P(P)P)P(P)P)P(P(P(P(P)P)P(P)P)P(P(P)P)P(P)P)P(P(P(P)P)P(P)P)P(P(P)P)P(P)P. The third-order valence-electron chi connectivity index (χ3n) is 17.9. The minimum Gasteiger partial charge on any atom is -0.310 e. The lowest BCUT2D eigenvalue weighted by atomic mass is 9.80. The maximum absolute atomic E-state index is 3.77. The van der Waals surface area contributed by atoms with E-state index in [0.717, 1.165) is 5.69 Å². The fourth-order valence-corrected chi connectivity index (χ4v) is 1100. The quantitative estimate of drug-likeness (QED) is 0.0347. The van der Waals surface area contributed by atoms with E-state index in [0.29, 0.717) is 0 Å². The van der Waals surface area contributed by atoms with Crippen LogP contribution >= 0.6 is 602 Å². The van der Waals surface area contributed by atoms with Crippen molar-refractivity contribution in [2.45, 2.75) is 38.5 Å². The van der Waals surface area contributed by atoms with Crippen LogP contribution in [0.25, 0.3) is 53.6 Å². The Morgan fingerprint density at radius 2 is 0.435 bits per heavy atom. The second-order valence-electron chi connectivity index (χ2n) is 26.7. The van der Waals surface area contributed by atoms with Crippen molar-refractivity contribution in [2.75, 3.05) is 4.90 Å². The summed E-state index contributed by atoms with van der Waals surface area (Å²) in [4.78, 5) is 2.56. The van der Waals surface area contributed by atoms with Gasteiger partial charge in [0.15, 0.2) is 0 Å². The van der Waals surface area contributed by atoms with Crippen molar-refractivity contribution < 1.29 is 0 Å². The molecule has 0 N–H and O–H groups in total. The van der Waals surface area contributed by atoms with E-state index in [1.165, 1.54) is 87.2 Å². The highest BCUT2D eigenvalue weighted by molar-refractivity contribution is 9.57. The highest BCUT2D eigenvalue weighted by atomic mass is 33.6. The second-order valence-corrected chi connectivity index (χ2v) is 334. The van der Waals surface area contributed by atoms with Crippen molar-refractivity contribution >= 4 is 639 Å². The lowest BCUT2D eigenvalue weighted by molar-refractivity contribution is 0.656. The molecule has 124 heavy (non-hydrogen) atoms. The van der Waals surface area contributed by atoms with E-state index < -0.39 is 14.0 Å². The topological polar surface area (TPSA) is 3.24 Å². The Morgan fingerprint density at radius 1 is 0.210 bits per heavy atom. The number of benzene rings is 7. The summed E-state index contributed by atoms with van der Waals surface area (Å²) < 4.78 is 2.67. The van der Waals surface area contributed by atoms with E-state index in [-0.39, 0.29) is 248 Å². The molecule has 7 aromatic carbocycles. The van der Waals surface area contributed by atoms with Crippen LogP contribution in [-0.4, -0.2) is 0 Å². The molecule has 1 aromatic heterocycles. The molecule has 41 atom stereocenters. The van der Waals surface area contributed by atoms with Crippen molar-refractivity contribution in [3.8, 4) is 33.4 Å². The van der Waals surface area contributed by atoms with E-state index in [1.807, 2.05) is 11.3 Å². The Balaban J connectivity index is 0.000000298. The first-order valence-electron chi connectivity index (χ1n) is 34.4. The van der Waals surface area contributed by atoms with Gasteiger partial charge in [0.05, 0.1) is 11.4 Å². The van der Waals surface area contributed by atoms with Gasteiger partial charge in [-0.25, -0.2) is 0 Å². The van der Waals surface area contributed by atoms with E-state index in [4.69, 9.17) is 0 Å². The van der Waals surface area contributed by atoms with Crippen LogP contribution in [0.1, 0.15) is 49.9 Å². The molecule has 0 spiro atoms. The van der Waals surface area contributed by atoms with Crippen LogP contribution in [0, 0.1) is 0 Å². The Bertz CT molecular complexity index is 4450. The number of anilines is 3. The largest absolute Gasteiger partial charge is 0.310 e. The van der Waals surface area contributed by atoms with Crippen molar-refractivity contribution in [1.29, 1.82) is 0 Å². The highest BCUT2D eigenvalue weighted by Crippen LogP contribution is 3.51. The van der Waals surface area contributed by atoms with Gasteiger partial charge < -0.3 is 4.90 Å². The van der Waals surface area contributed by atoms with E-state index in [1.54, 1.807) is 0 Å². The van der Waals surface area contributed by atoms with Gasteiger partial charge in [-0.05, 0) is 344 Å². The lowest BCUT2D eigenvalue weighted by Gasteiger charge is -2.62. The highest BCUT2D eigenvalue weighted by Gasteiger charge is 2.64. The zero-order chi connectivity index (χ0) is 92.6. The molecular weight excluding hydrogens is 2910 g/mol. The molecule has 0 saturated carbocycles. The van der Waals surface area contributed by atoms with Crippen LogP contribution in [0.15, 0.2) is 152 Å². The Kier molecular flexibility index (Phi) is 69.2.